The third kappa shape index (κ3) is 4.17. The number of rotatable bonds is 5. The van der Waals surface area contributed by atoms with E-state index in [9.17, 15) is 9.90 Å². The van der Waals surface area contributed by atoms with Crippen molar-refractivity contribution >= 4 is 23.2 Å². The van der Waals surface area contributed by atoms with Crippen molar-refractivity contribution in [2.24, 2.45) is 5.10 Å². The number of benzene rings is 3. The third-order valence-electron chi connectivity index (χ3n) is 3.84. The largest absolute Gasteiger partial charge is 0.382 e. The lowest BCUT2D eigenvalue weighted by Crippen LogP contribution is -2.23. The molecule has 3 aromatic rings. The number of aliphatic hydroxyl groups excluding tert-OH is 1. The van der Waals surface area contributed by atoms with Crippen molar-refractivity contribution in [2.75, 3.05) is 0 Å². The molecule has 3 aromatic carbocycles. The highest BCUT2D eigenvalue weighted by Crippen LogP contribution is 2.19. The highest BCUT2D eigenvalue weighted by molar-refractivity contribution is 6.33. The molecule has 4 nitrogen and oxygen atoms in total. The average molecular weight is 365 g/mol. The predicted molar refractivity (Wildman–Crippen MR) is 103 cm³/mol. The molecule has 0 aliphatic rings. The fourth-order valence-corrected chi connectivity index (χ4v) is 2.72. The van der Waals surface area contributed by atoms with Crippen LogP contribution < -0.4 is 5.43 Å². The minimum absolute atomic E-state index is 0.319. The van der Waals surface area contributed by atoms with Gasteiger partial charge in [0.2, 0.25) is 0 Å². The molecule has 1 atom stereocenters. The Hall–Kier alpha value is -2.95. The van der Waals surface area contributed by atoms with Gasteiger partial charge in [-0.3, -0.25) is 4.79 Å². The first kappa shape index (κ1) is 17.9. The number of aliphatic hydroxyl groups is 1. The van der Waals surface area contributed by atoms with Gasteiger partial charge < -0.3 is 5.11 Å². The number of hydrazone groups is 1. The number of carbonyl (C=O) groups is 1. The molecule has 2 N–H and O–H groups in total. The molecular weight excluding hydrogens is 348 g/mol. The van der Waals surface area contributed by atoms with Crippen molar-refractivity contribution in [1.29, 1.82) is 0 Å². The molecule has 0 radical (unpaired) electrons. The summed E-state index contributed by atoms with van der Waals surface area (Å²) < 4.78 is 0. The Kier molecular flexibility index (Phi) is 5.79. The quantitative estimate of drug-likeness (QED) is 0.526. The zero-order chi connectivity index (χ0) is 18.4. The van der Waals surface area contributed by atoms with E-state index in [0.717, 1.165) is 0 Å². The molecular formula is C21H17ClN2O2. The molecule has 0 spiro atoms. The van der Waals surface area contributed by atoms with Gasteiger partial charge >= 0.3 is 0 Å². The number of hydrogen-bond donors (Lipinski definition) is 2. The molecule has 0 saturated heterocycles. The van der Waals surface area contributed by atoms with Crippen LogP contribution in [-0.2, 0) is 0 Å². The lowest BCUT2D eigenvalue weighted by atomic mass is 9.99. The van der Waals surface area contributed by atoms with Crippen LogP contribution in [0.25, 0.3) is 0 Å². The first-order valence-corrected chi connectivity index (χ1v) is 8.45. The smallest absolute Gasteiger partial charge is 0.272 e. The molecule has 26 heavy (non-hydrogen) atoms. The summed E-state index contributed by atoms with van der Waals surface area (Å²) in [6.45, 7) is 0. The molecule has 0 fully saturated rings. The van der Waals surface area contributed by atoms with Gasteiger partial charge in [-0.25, -0.2) is 5.43 Å². The number of amides is 1. The van der Waals surface area contributed by atoms with E-state index in [4.69, 9.17) is 11.6 Å². The van der Waals surface area contributed by atoms with Gasteiger partial charge in [-0.05, 0) is 17.7 Å². The van der Waals surface area contributed by atoms with Crippen LogP contribution in [0, 0.1) is 0 Å². The number of nitrogens with zero attached hydrogens (tertiary/aromatic N) is 1. The Bertz CT molecular complexity index is 912. The summed E-state index contributed by atoms with van der Waals surface area (Å²) in [7, 11) is 0. The van der Waals surface area contributed by atoms with Gasteiger partial charge in [0, 0.05) is 5.56 Å². The average Bonchev–Trinajstić information content (AvgIpc) is 2.69. The maximum atomic E-state index is 12.4. The second-order valence-electron chi connectivity index (χ2n) is 5.60. The molecule has 3 rings (SSSR count). The van der Waals surface area contributed by atoms with Crippen LogP contribution in [0.3, 0.4) is 0 Å². The van der Waals surface area contributed by atoms with Gasteiger partial charge in [-0.1, -0.05) is 84.4 Å². The molecule has 5 heteroatoms. The van der Waals surface area contributed by atoms with Crippen LogP contribution in [0.5, 0.6) is 0 Å². The van der Waals surface area contributed by atoms with Crippen LogP contribution in [0.2, 0.25) is 5.02 Å². The van der Waals surface area contributed by atoms with E-state index in [1.807, 2.05) is 48.5 Å². The summed E-state index contributed by atoms with van der Waals surface area (Å²) in [5.41, 5.74) is 4.55. The number of hydrogen-bond acceptors (Lipinski definition) is 3. The number of carbonyl (C=O) groups excluding carboxylic acids is 1. The van der Waals surface area contributed by atoms with E-state index in [2.05, 4.69) is 10.5 Å². The van der Waals surface area contributed by atoms with Gasteiger partial charge in [0.25, 0.3) is 5.91 Å². The maximum Gasteiger partial charge on any atom is 0.272 e. The standard InChI is InChI=1S/C21H17ClN2O2/c22-18-14-8-7-13-17(18)21(26)24-23-19(15-9-3-1-4-10-15)20(25)16-11-5-2-6-12-16/h1-14,20,25H,(H,24,26). The summed E-state index contributed by atoms with van der Waals surface area (Å²) in [6.07, 6.45) is -0.981. The fraction of sp³-hybridized carbons (Fsp3) is 0.0476. The minimum atomic E-state index is -0.981. The Morgan fingerprint density at radius 1 is 0.885 bits per heavy atom. The van der Waals surface area contributed by atoms with E-state index >= 15 is 0 Å². The van der Waals surface area contributed by atoms with E-state index in [1.165, 1.54) is 0 Å². The summed E-state index contributed by atoms with van der Waals surface area (Å²) in [6, 6.07) is 25.1. The predicted octanol–water partition coefficient (Wildman–Crippen LogP) is 4.21. The molecule has 1 amide bonds. The van der Waals surface area contributed by atoms with Crippen molar-refractivity contribution in [1.82, 2.24) is 5.43 Å². The zero-order valence-electron chi connectivity index (χ0n) is 13.8. The highest BCUT2D eigenvalue weighted by atomic mass is 35.5. The van der Waals surface area contributed by atoms with Crippen molar-refractivity contribution in [3.05, 3.63) is 107 Å². The molecule has 0 bridgehead atoms. The van der Waals surface area contributed by atoms with Gasteiger partial charge in [0.15, 0.2) is 0 Å². The monoisotopic (exact) mass is 364 g/mol. The van der Waals surface area contributed by atoms with E-state index in [0.29, 0.717) is 27.4 Å². The normalized spacial score (nSPS) is 12.5. The van der Waals surface area contributed by atoms with Crippen molar-refractivity contribution in [3.63, 3.8) is 0 Å². The summed E-state index contributed by atoms with van der Waals surface area (Å²) in [5, 5.41) is 15.3. The van der Waals surface area contributed by atoms with Crippen molar-refractivity contribution < 1.29 is 9.90 Å². The summed E-state index contributed by atoms with van der Waals surface area (Å²) in [4.78, 5) is 12.4. The SMILES string of the molecule is O=C(NN=C(c1ccccc1)C(O)c1ccccc1)c1ccccc1Cl. The van der Waals surface area contributed by atoms with Crippen LogP contribution in [0.1, 0.15) is 27.6 Å². The lowest BCUT2D eigenvalue weighted by molar-refractivity contribution is 0.0954. The molecule has 1 unspecified atom stereocenters. The van der Waals surface area contributed by atoms with E-state index in [1.54, 1.807) is 36.4 Å². The molecule has 0 aliphatic heterocycles. The van der Waals surface area contributed by atoms with Crippen LogP contribution in [0.15, 0.2) is 90.0 Å². The zero-order valence-corrected chi connectivity index (χ0v) is 14.6. The van der Waals surface area contributed by atoms with Crippen molar-refractivity contribution in [3.8, 4) is 0 Å². The summed E-state index contributed by atoms with van der Waals surface area (Å²) >= 11 is 6.05. The molecule has 0 heterocycles. The lowest BCUT2D eigenvalue weighted by Gasteiger charge is -2.15. The van der Waals surface area contributed by atoms with Gasteiger partial charge in [-0.2, -0.15) is 5.10 Å². The Labute approximate surface area is 156 Å². The van der Waals surface area contributed by atoms with Crippen LogP contribution >= 0.6 is 11.6 Å². The Balaban J connectivity index is 1.92. The van der Waals surface area contributed by atoms with Crippen LogP contribution in [0.4, 0.5) is 0 Å². The fourth-order valence-electron chi connectivity index (χ4n) is 2.50. The molecule has 0 aromatic heterocycles. The Morgan fingerprint density at radius 3 is 2.12 bits per heavy atom. The highest BCUT2D eigenvalue weighted by Gasteiger charge is 2.18. The van der Waals surface area contributed by atoms with Gasteiger partial charge in [0.1, 0.15) is 11.8 Å². The summed E-state index contributed by atoms with van der Waals surface area (Å²) in [5.74, 6) is -0.440. The van der Waals surface area contributed by atoms with Gasteiger partial charge in [-0.15, -0.1) is 0 Å². The molecule has 0 aliphatic carbocycles. The second-order valence-corrected chi connectivity index (χ2v) is 6.00. The second kappa shape index (κ2) is 8.43. The number of halogens is 1. The van der Waals surface area contributed by atoms with Gasteiger partial charge in [0.05, 0.1) is 10.6 Å². The topological polar surface area (TPSA) is 61.7 Å². The van der Waals surface area contributed by atoms with E-state index in [-0.39, 0.29) is 0 Å². The minimum Gasteiger partial charge on any atom is -0.382 e. The first-order valence-electron chi connectivity index (χ1n) is 8.07. The van der Waals surface area contributed by atoms with Crippen molar-refractivity contribution in [2.45, 2.75) is 6.10 Å². The first-order chi connectivity index (χ1) is 12.7. The van der Waals surface area contributed by atoms with Crippen LogP contribution in [-0.4, -0.2) is 16.7 Å². The van der Waals surface area contributed by atoms with E-state index < -0.39 is 12.0 Å². The molecule has 130 valence electrons. The number of nitrogens with one attached hydrogen (secondary N) is 1. The molecule has 0 saturated carbocycles. The Morgan fingerprint density at radius 2 is 1.46 bits per heavy atom. The maximum absolute atomic E-state index is 12.4. The third-order valence-corrected chi connectivity index (χ3v) is 4.17.